The zero-order valence-electron chi connectivity index (χ0n) is 9.37. The van der Waals surface area contributed by atoms with Crippen LogP contribution < -0.4 is 10.5 Å². The molecule has 2 aromatic rings. The number of nitrogens with two attached hydrogens (primary N) is 1. The van der Waals surface area contributed by atoms with Crippen LogP contribution in [0.2, 0.25) is 0 Å². The predicted octanol–water partition coefficient (Wildman–Crippen LogP) is 2.34. The molecule has 0 saturated heterocycles. The molecule has 1 unspecified atom stereocenters. The van der Waals surface area contributed by atoms with Gasteiger partial charge in [0.05, 0.1) is 12.4 Å². The van der Waals surface area contributed by atoms with Gasteiger partial charge in [-0.15, -0.1) is 0 Å². The Morgan fingerprint density at radius 3 is 2.94 bits per heavy atom. The van der Waals surface area contributed by atoms with E-state index in [2.05, 4.69) is 9.36 Å². The lowest BCUT2D eigenvalue weighted by Gasteiger charge is -2.16. The highest BCUT2D eigenvalue weighted by Crippen LogP contribution is 2.38. The van der Waals surface area contributed by atoms with Crippen LogP contribution in [0, 0.1) is 0 Å². The molecule has 1 aromatic carbocycles. The summed E-state index contributed by atoms with van der Waals surface area (Å²) in [7, 11) is 1.67. The van der Waals surface area contributed by atoms with Gasteiger partial charge < -0.3 is 10.5 Å². The van der Waals surface area contributed by atoms with Crippen molar-refractivity contribution < 1.29 is 4.74 Å². The Morgan fingerprint density at radius 1 is 1.47 bits per heavy atom. The van der Waals surface area contributed by atoms with Gasteiger partial charge in [-0.05, 0) is 17.6 Å². The van der Waals surface area contributed by atoms with Crippen molar-refractivity contribution in [2.45, 2.75) is 9.59 Å². The third kappa shape index (κ3) is 2.96. The van der Waals surface area contributed by atoms with Crippen molar-refractivity contribution in [2.75, 3.05) is 13.7 Å². The topological polar surface area (TPSA) is 61.0 Å². The Labute approximate surface area is 108 Å². The zero-order chi connectivity index (χ0) is 12.1. The van der Waals surface area contributed by atoms with E-state index < -0.39 is 0 Å². The summed E-state index contributed by atoms with van der Waals surface area (Å²) in [5.41, 5.74) is 6.92. The van der Waals surface area contributed by atoms with Crippen LogP contribution >= 0.6 is 23.3 Å². The van der Waals surface area contributed by atoms with E-state index in [1.165, 1.54) is 11.5 Å². The Hall–Kier alpha value is -1.11. The van der Waals surface area contributed by atoms with Gasteiger partial charge in [-0.25, -0.2) is 4.98 Å². The van der Waals surface area contributed by atoms with Crippen LogP contribution in [0.4, 0.5) is 0 Å². The van der Waals surface area contributed by atoms with Crippen LogP contribution in [0.15, 0.2) is 34.9 Å². The Balaban J connectivity index is 2.22. The smallest absolute Gasteiger partial charge is 0.170 e. The highest BCUT2D eigenvalue weighted by Gasteiger charge is 2.17. The summed E-state index contributed by atoms with van der Waals surface area (Å²) in [6.45, 7) is 0.532. The van der Waals surface area contributed by atoms with E-state index in [9.17, 15) is 0 Å². The average molecular weight is 267 g/mol. The predicted molar refractivity (Wildman–Crippen MR) is 70.6 cm³/mol. The molecule has 0 aliphatic rings. The van der Waals surface area contributed by atoms with Gasteiger partial charge in [-0.2, -0.15) is 4.37 Å². The third-order valence-electron chi connectivity index (χ3n) is 2.28. The summed E-state index contributed by atoms with van der Waals surface area (Å²) in [5, 5.41) is 0.138. The molecule has 90 valence electrons. The second-order valence-corrected chi connectivity index (χ2v) is 5.52. The van der Waals surface area contributed by atoms with Crippen LogP contribution in [0.3, 0.4) is 0 Å². The molecule has 0 radical (unpaired) electrons. The van der Waals surface area contributed by atoms with E-state index >= 15 is 0 Å². The molecule has 0 amide bonds. The number of methoxy groups -OCH3 is 1. The normalized spacial score (nSPS) is 12.4. The number of para-hydroxylation sites is 1. The quantitative estimate of drug-likeness (QED) is 0.843. The number of benzene rings is 1. The van der Waals surface area contributed by atoms with Gasteiger partial charge in [-0.1, -0.05) is 30.0 Å². The fourth-order valence-corrected chi connectivity index (χ4v) is 3.21. The summed E-state index contributed by atoms with van der Waals surface area (Å²) in [5.74, 6) is 0.861. The van der Waals surface area contributed by atoms with Crippen molar-refractivity contribution in [3.05, 3.63) is 36.2 Å². The molecule has 6 heteroatoms. The van der Waals surface area contributed by atoms with Gasteiger partial charge in [-0.3, -0.25) is 0 Å². The van der Waals surface area contributed by atoms with Crippen molar-refractivity contribution in [2.24, 2.45) is 5.73 Å². The highest BCUT2D eigenvalue weighted by molar-refractivity contribution is 8.01. The molecular weight excluding hydrogens is 254 g/mol. The molecule has 17 heavy (non-hydrogen) atoms. The van der Waals surface area contributed by atoms with E-state index in [-0.39, 0.29) is 5.25 Å². The standard InChI is InChI=1S/C11H13N3OS2/c1-15-9-5-3-2-4-8(9)10(6-12)16-11-13-7-14-17-11/h2-5,7,10H,6,12H2,1H3. The molecule has 2 rings (SSSR count). The van der Waals surface area contributed by atoms with Crippen LogP contribution in [-0.4, -0.2) is 23.0 Å². The molecule has 1 aromatic heterocycles. The molecule has 0 bridgehead atoms. The first-order chi connectivity index (χ1) is 8.35. The van der Waals surface area contributed by atoms with E-state index in [1.807, 2.05) is 24.3 Å². The number of hydrogen-bond donors (Lipinski definition) is 1. The zero-order valence-corrected chi connectivity index (χ0v) is 11.0. The third-order valence-corrected chi connectivity index (χ3v) is 4.30. The number of hydrogen-bond acceptors (Lipinski definition) is 6. The summed E-state index contributed by atoms with van der Waals surface area (Å²) < 4.78 is 10.3. The minimum absolute atomic E-state index is 0.138. The fourth-order valence-electron chi connectivity index (χ4n) is 1.51. The van der Waals surface area contributed by atoms with Gasteiger partial charge in [0.1, 0.15) is 12.1 Å². The molecule has 2 N–H and O–H groups in total. The highest BCUT2D eigenvalue weighted by atomic mass is 32.2. The molecule has 1 heterocycles. The number of thioether (sulfide) groups is 1. The lowest BCUT2D eigenvalue weighted by atomic mass is 10.1. The Morgan fingerprint density at radius 2 is 2.29 bits per heavy atom. The maximum absolute atomic E-state index is 5.83. The molecule has 0 aliphatic heterocycles. The fraction of sp³-hybridized carbons (Fsp3) is 0.273. The van der Waals surface area contributed by atoms with Gasteiger partial charge >= 0.3 is 0 Å². The monoisotopic (exact) mass is 267 g/mol. The second kappa shape index (κ2) is 6.00. The summed E-state index contributed by atoms with van der Waals surface area (Å²) in [6, 6.07) is 7.91. The number of rotatable bonds is 5. The van der Waals surface area contributed by atoms with Gasteiger partial charge in [0.2, 0.25) is 0 Å². The van der Waals surface area contributed by atoms with Crippen molar-refractivity contribution in [3.8, 4) is 5.75 Å². The molecule has 0 spiro atoms. The number of aromatic nitrogens is 2. The van der Waals surface area contributed by atoms with Crippen molar-refractivity contribution in [1.82, 2.24) is 9.36 Å². The minimum Gasteiger partial charge on any atom is -0.496 e. The largest absolute Gasteiger partial charge is 0.496 e. The maximum atomic E-state index is 5.83. The number of nitrogens with zero attached hydrogens (tertiary/aromatic N) is 2. The van der Waals surface area contributed by atoms with Crippen molar-refractivity contribution >= 4 is 23.3 Å². The van der Waals surface area contributed by atoms with Crippen LogP contribution in [-0.2, 0) is 0 Å². The van der Waals surface area contributed by atoms with Gasteiger partial charge in [0.15, 0.2) is 4.34 Å². The van der Waals surface area contributed by atoms with Crippen LogP contribution in [0.25, 0.3) is 0 Å². The van der Waals surface area contributed by atoms with Crippen molar-refractivity contribution in [3.63, 3.8) is 0 Å². The Bertz CT molecular complexity index is 461. The lowest BCUT2D eigenvalue weighted by Crippen LogP contribution is -2.10. The van der Waals surface area contributed by atoms with E-state index in [0.717, 1.165) is 15.7 Å². The molecule has 0 fully saturated rings. The average Bonchev–Trinajstić information content (AvgIpc) is 2.89. The number of ether oxygens (including phenoxy) is 1. The summed E-state index contributed by atoms with van der Waals surface area (Å²) >= 11 is 3.00. The second-order valence-electron chi connectivity index (χ2n) is 3.29. The Kier molecular flexibility index (Phi) is 4.36. The SMILES string of the molecule is COc1ccccc1C(CN)Sc1ncns1. The summed E-state index contributed by atoms with van der Waals surface area (Å²) in [6.07, 6.45) is 1.56. The molecule has 0 saturated carbocycles. The first-order valence-electron chi connectivity index (χ1n) is 5.11. The molecular formula is C11H13N3OS2. The molecule has 0 aliphatic carbocycles. The summed E-state index contributed by atoms with van der Waals surface area (Å²) in [4.78, 5) is 4.16. The maximum Gasteiger partial charge on any atom is 0.170 e. The first kappa shape index (κ1) is 12.3. The van der Waals surface area contributed by atoms with Gasteiger partial charge in [0, 0.05) is 12.1 Å². The van der Waals surface area contributed by atoms with Crippen molar-refractivity contribution in [1.29, 1.82) is 0 Å². The minimum atomic E-state index is 0.138. The molecule has 1 atom stereocenters. The lowest BCUT2D eigenvalue weighted by molar-refractivity contribution is 0.409. The van der Waals surface area contributed by atoms with E-state index in [1.54, 1.807) is 25.2 Å². The van der Waals surface area contributed by atoms with Crippen LogP contribution in [0.1, 0.15) is 10.8 Å². The van der Waals surface area contributed by atoms with E-state index in [0.29, 0.717) is 6.54 Å². The van der Waals surface area contributed by atoms with Crippen LogP contribution in [0.5, 0.6) is 5.75 Å². The molecule has 4 nitrogen and oxygen atoms in total. The van der Waals surface area contributed by atoms with Gasteiger partial charge in [0.25, 0.3) is 0 Å². The van der Waals surface area contributed by atoms with E-state index in [4.69, 9.17) is 10.5 Å². The first-order valence-corrected chi connectivity index (χ1v) is 6.76.